The predicted octanol–water partition coefficient (Wildman–Crippen LogP) is 0.872. The highest BCUT2D eigenvalue weighted by atomic mass is 16.1. The van der Waals surface area contributed by atoms with Gasteiger partial charge in [0.25, 0.3) is 5.91 Å². The molecule has 0 radical (unpaired) electrons. The number of pyridine rings is 1. The molecule has 1 aliphatic rings. The van der Waals surface area contributed by atoms with Gasteiger partial charge in [0.15, 0.2) is 0 Å². The van der Waals surface area contributed by atoms with E-state index < -0.39 is 0 Å². The Labute approximate surface area is 95.5 Å². The molecule has 1 aromatic rings. The van der Waals surface area contributed by atoms with Crippen molar-refractivity contribution in [3.05, 3.63) is 29.6 Å². The first-order valence-corrected chi connectivity index (χ1v) is 5.70. The average Bonchev–Trinajstić information content (AvgIpc) is 3.08. The zero-order valence-electron chi connectivity index (χ0n) is 9.49. The minimum absolute atomic E-state index is 0.0249. The number of hydrogen-bond acceptors (Lipinski definition) is 3. The van der Waals surface area contributed by atoms with Crippen LogP contribution in [0.5, 0.6) is 0 Å². The molecule has 0 unspecified atom stereocenters. The van der Waals surface area contributed by atoms with Crippen LogP contribution in [0, 0.1) is 6.92 Å². The van der Waals surface area contributed by atoms with E-state index in [-0.39, 0.29) is 5.91 Å². The summed E-state index contributed by atoms with van der Waals surface area (Å²) < 4.78 is 0. The third kappa shape index (κ3) is 3.31. The standard InChI is InChI=1S/C12H17N3O/c1-9-8-10(4-5-13-9)12(16)15-7-6-14-11-2-3-11/h4-5,8,11,14H,2-3,6-7H2,1H3,(H,15,16). The smallest absolute Gasteiger partial charge is 0.251 e. The van der Waals surface area contributed by atoms with E-state index in [0.29, 0.717) is 18.2 Å². The fraction of sp³-hybridized carbons (Fsp3) is 0.500. The lowest BCUT2D eigenvalue weighted by atomic mass is 10.2. The maximum Gasteiger partial charge on any atom is 0.251 e. The Morgan fingerprint density at radius 3 is 3.00 bits per heavy atom. The summed E-state index contributed by atoms with van der Waals surface area (Å²) in [6.45, 7) is 3.41. The van der Waals surface area contributed by atoms with Crippen LogP contribution in [0.2, 0.25) is 0 Å². The fourth-order valence-electron chi connectivity index (χ4n) is 1.53. The first kappa shape index (κ1) is 11.1. The van der Waals surface area contributed by atoms with Crippen LogP contribution < -0.4 is 10.6 Å². The van der Waals surface area contributed by atoms with Crippen molar-refractivity contribution in [3.63, 3.8) is 0 Å². The van der Waals surface area contributed by atoms with Gasteiger partial charge in [-0.3, -0.25) is 9.78 Å². The zero-order valence-corrected chi connectivity index (χ0v) is 9.49. The van der Waals surface area contributed by atoms with Crippen molar-refractivity contribution in [1.82, 2.24) is 15.6 Å². The summed E-state index contributed by atoms with van der Waals surface area (Å²) in [5, 5.41) is 6.23. The lowest BCUT2D eigenvalue weighted by Crippen LogP contribution is -2.32. The van der Waals surface area contributed by atoms with Crippen molar-refractivity contribution < 1.29 is 4.79 Å². The lowest BCUT2D eigenvalue weighted by molar-refractivity contribution is 0.0953. The van der Waals surface area contributed by atoms with Crippen molar-refractivity contribution >= 4 is 5.91 Å². The molecule has 1 aromatic heterocycles. The summed E-state index contributed by atoms with van der Waals surface area (Å²) in [4.78, 5) is 15.7. The van der Waals surface area contributed by atoms with Crippen molar-refractivity contribution in [2.75, 3.05) is 13.1 Å². The van der Waals surface area contributed by atoms with E-state index in [1.165, 1.54) is 12.8 Å². The molecule has 2 rings (SSSR count). The Bertz CT molecular complexity index is 374. The van der Waals surface area contributed by atoms with E-state index in [0.717, 1.165) is 12.2 Å². The summed E-state index contributed by atoms with van der Waals surface area (Å²) in [5.41, 5.74) is 1.54. The number of rotatable bonds is 5. The number of aromatic nitrogens is 1. The molecular weight excluding hydrogens is 202 g/mol. The van der Waals surface area contributed by atoms with E-state index >= 15 is 0 Å². The molecule has 0 saturated heterocycles. The zero-order chi connectivity index (χ0) is 11.4. The summed E-state index contributed by atoms with van der Waals surface area (Å²) in [6.07, 6.45) is 4.21. The van der Waals surface area contributed by atoms with Crippen molar-refractivity contribution in [2.24, 2.45) is 0 Å². The number of carbonyl (C=O) groups excluding carboxylic acids is 1. The van der Waals surface area contributed by atoms with Crippen LogP contribution in [-0.4, -0.2) is 30.0 Å². The number of carbonyl (C=O) groups is 1. The minimum Gasteiger partial charge on any atom is -0.351 e. The summed E-state index contributed by atoms with van der Waals surface area (Å²) in [6, 6.07) is 4.22. The summed E-state index contributed by atoms with van der Waals surface area (Å²) in [5.74, 6) is -0.0249. The van der Waals surface area contributed by atoms with Gasteiger partial charge in [0.2, 0.25) is 0 Å². The van der Waals surface area contributed by atoms with E-state index in [2.05, 4.69) is 15.6 Å². The quantitative estimate of drug-likeness (QED) is 0.723. The molecule has 2 N–H and O–H groups in total. The van der Waals surface area contributed by atoms with Gasteiger partial charge in [0.05, 0.1) is 0 Å². The molecule has 1 heterocycles. The lowest BCUT2D eigenvalue weighted by Gasteiger charge is -2.06. The first-order chi connectivity index (χ1) is 7.75. The largest absolute Gasteiger partial charge is 0.351 e. The molecule has 86 valence electrons. The van der Waals surface area contributed by atoms with Crippen molar-refractivity contribution in [2.45, 2.75) is 25.8 Å². The second-order valence-electron chi connectivity index (χ2n) is 4.17. The van der Waals surface area contributed by atoms with Gasteiger partial charge in [-0.25, -0.2) is 0 Å². The maximum absolute atomic E-state index is 11.7. The third-order valence-electron chi connectivity index (χ3n) is 2.58. The summed E-state index contributed by atoms with van der Waals surface area (Å²) in [7, 11) is 0. The Morgan fingerprint density at radius 2 is 2.31 bits per heavy atom. The van der Waals surface area contributed by atoms with Crippen LogP contribution in [0.1, 0.15) is 28.9 Å². The molecule has 0 aromatic carbocycles. The normalized spacial score (nSPS) is 14.8. The number of nitrogens with one attached hydrogen (secondary N) is 2. The molecule has 4 heteroatoms. The van der Waals surface area contributed by atoms with Gasteiger partial charge >= 0.3 is 0 Å². The van der Waals surface area contributed by atoms with Gasteiger partial charge in [-0.1, -0.05) is 0 Å². The second kappa shape index (κ2) is 5.07. The molecule has 0 aliphatic heterocycles. The van der Waals surface area contributed by atoms with Crippen LogP contribution >= 0.6 is 0 Å². The average molecular weight is 219 g/mol. The molecule has 0 atom stereocenters. The molecule has 1 amide bonds. The Kier molecular flexibility index (Phi) is 3.51. The molecule has 4 nitrogen and oxygen atoms in total. The fourth-order valence-corrected chi connectivity index (χ4v) is 1.53. The summed E-state index contributed by atoms with van der Waals surface area (Å²) >= 11 is 0. The molecule has 1 fully saturated rings. The molecule has 0 spiro atoms. The second-order valence-corrected chi connectivity index (χ2v) is 4.17. The monoisotopic (exact) mass is 219 g/mol. The van der Waals surface area contributed by atoms with E-state index in [9.17, 15) is 4.79 Å². The van der Waals surface area contributed by atoms with Gasteiger partial charge < -0.3 is 10.6 Å². The van der Waals surface area contributed by atoms with Crippen LogP contribution in [-0.2, 0) is 0 Å². The Morgan fingerprint density at radius 1 is 1.50 bits per heavy atom. The highest BCUT2D eigenvalue weighted by Gasteiger charge is 2.19. The SMILES string of the molecule is Cc1cc(C(=O)NCCNC2CC2)ccn1. The number of hydrogen-bond donors (Lipinski definition) is 2. The maximum atomic E-state index is 11.7. The predicted molar refractivity (Wildman–Crippen MR) is 62.3 cm³/mol. The molecule has 16 heavy (non-hydrogen) atoms. The molecular formula is C12H17N3O. The number of nitrogens with zero attached hydrogens (tertiary/aromatic N) is 1. The van der Waals surface area contributed by atoms with Crippen molar-refractivity contribution in [1.29, 1.82) is 0 Å². The molecule has 1 aliphatic carbocycles. The third-order valence-corrected chi connectivity index (χ3v) is 2.58. The van der Waals surface area contributed by atoms with Gasteiger partial charge in [-0.05, 0) is 31.9 Å². The Hall–Kier alpha value is -1.42. The van der Waals surface area contributed by atoms with Gasteiger partial charge in [-0.15, -0.1) is 0 Å². The van der Waals surface area contributed by atoms with Gasteiger partial charge in [0.1, 0.15) is 0 Å². The molecule has 1 saturated carbocycles. The topological polar surface area (TPSA) is 54.0 Å². The van der Waals surface area contributed by atoms with Crippen LogP contribution in [0.15, 0.2) is 18.3 Å². The van der Waals surface area contributed by atoms with Crippen molar-refractivity contribution in [3.8, 4) is 0 Å². The van der Waals surface area contributed by atoms with E-state index in [1.807, 2.05) is 6.92 Å². The van der Waals surface area contributed by atoms with Gasteiger partial charge in [-0.2, -0.15) is 0 Å². The van der Waals surface area contributed by atoms with Crippen LogP contribution in [0.4, 0.5) is 0 Å². The minimum atomic E-state index is -0.0249. The highest BCUT2D eigenvalue weighted by Crippen LogP contribution is 2.17. The highest BCUT2D eigenvalue weighted by molar-refractivity contribution is 5.94. The first-order valence-electron chi connectivity index (χ1n) is 5.70. The molecule has 0 bridgehead atoms. The number of aryl methyl sites for hydroxylation is 1. The van der Waals surface area contributed by atoms with E-state index in [1.54, 1.807) is 18.3 Å². The Balaban J connectivity index is 1.73. The van der Waals surface area contributed by atoms with Gasteiger partial charge in [0, 0.05) is 36.6 Å². The van der Waals surface area contributed by atoms with Crippen LogP contribution in [0.3, 0.4) is 0 Å². The van der Waals surface area contributed by atoms with Crippen LogP contribution in [0.25, 0.3) is 0 Å². The number of amides is 1. The van der Waals surface area contributed by atoms with E-state index in [4.69, 9.17) is 0 Å².